The smallest absolute Gasteiger partial charge is 0.220 e. The van der Waals surface area contributed by atoms with Crippen LogP contribution in [-0.4, -0.2) is 31.2 Å². The summed E-state index contributed by atoms with van der Waals surface area (Å²) in [6.45, 7) is 5.60. The summed E-state index contributed by atoms with van der Waals surface area (Å²) in [5.74, 6) is 0.760. The van der Waals surface area contributed by atoms with Gasteiger partial charge in [0.15, 0.2) is 0 Å². The lowest BCUT2D eigenvalue weighted by Crippen LogP contribution is -2.58. The van der Waals surface area contributed by atoms with E-state index in [4.69, 9.17) is 16.5 Å². The third-order valence-electron chi connectivity index (χ3n) is 5.86. The second-order valence-electron chi connectivity index (χ2n) is 8.26. The molecular weight excluding hydrogens is 312 g/mol. The molecule has 1 aromatic rings. The molecule has 0 atom stereocenters. The topological polar surface area (TPSA) is 83.2 Å². The van der Waals surface area contributed by atoms with Gasteiger partial charge in [0.25, 0.3) is 0 Å². The summed E-state index contributed by atoms with van der Waals surface area (Å²) >= 11 is 0. The first-order valence-electron chi connectivity index (χ1n) is 9.18. The molecule has 4 rings (SSSR count). The van der Waals surface area contributed by atoms with Crippen molar-refractivity contribution in [3.8, 4) is 0 Å². The van der Waals surface area contributed by atoms with Crippen LogP contribution in [0.1, 0.15) is 51.5 Å². The molecule has 0 bridgehead atoms. The Bertz CT molecular complexity index is 757. The minimum Gasteiger partial charge on any atom is -0.373 e. The molecule has 0 aromatic heterocycles. The average Bonchev–Trinajstić information content (AvgIpc) is 2.76. The van der Waals surface area contributed by atoms with Crippen LogP contribution in [0.25, 0.3) is 0 Å². The molecule has 6 heteroatoms. The van der Waals surface area contributed by atoms with Gasteiger partial charge < -0.3 is 16.4 Å². The zero-order valence-corrected chi connectivity index (χ0v) is 15.4. The first-order valence-corrected chi connectivity index (χ1v) is 9.18. The van der Waals surface area contributed by atoms with Crippen LogP contribution in [0, 0.1) is 0 Å². The van der Waals surface area contributed by atoms with E-state index < -0.39 is 0 Å². The van der Waals surface area contributed by atoms with E-state index in [1.165, 1.54) is 17.7 Å². The number of anilines is 2. The molecule has 3 aliphatic rings. The maximum Gasteiger partial charge on any atom is 0.220 e. The molecule has 1 spiro atoms. The monoisotopic (exact) mass is 340 g/mol. The van der Waals surface area contributed by atoms with Crippen molar-refractivity contribution in [3.05, 3.63) is 23.8 Å². The van der Waals surface area contributed by atoms with Gasteiger partial charge in [0, 0.05) is 30.4 Å². The van der Waals surface area contributed by atoms with Gasteiger partial charge in [-0.25, -0.2) is 4.99 Å². The SMILES string of the molecule is CN1CC(C)(C)c2cc(N3C(N)=NC(N)=NC34CCCCC4)ccc21. The fourth-order valence-corrected chi connectivity index (χ4v) is 4.80. The Morgan fingerprint density at radius 3 is 2.52 bits per heavy atom. The van der Waals surface area contributed by atoms with Gasteiger partial charge in [-0.1, -0.05) is 20.3 Å². The second kappa shape index (κ2) is 5.38. The molecule has 6 nitrogen and oxygen atoms in total. The van der Waals surface area contributed by atoms with E-state index in [2.05, 4.69) is 53.9 Å². The van der Waals surface area contributed by atoms with Crippen molar-refractivity contribution in [1.82, 2.24) is 0 Å². The fraction of sp³-hybridized carbons (Fsp3) is 0.579. The van der Waals surface area contributed by atoms with Gasteiger partial charge in [-0.2, -0.15) is 4.99 Å². The number of fused-ring (bicyclic) bond motifs is 1. The van der Waals surface area contributed by atoms with Gasteiger partial charge in [-0.3, -0.25) is 4.90 Å². The molecule has 0 amide bonds. The van der Waals surface area contributed by atoms with Crippen molar-refractivity contribution in [3.63, 3.8) is 0 Å². The summed E-state index contributed by atoms with van der Waals surface area (Å²) < 4.78 is 0. The Balaban J connectivity index is 1.82. The highest BCUT2D eigenvalue weighted by atomic mass is 15.4. The zero-order chi connectivity index (χ0) is 17.8. The summed E-state index contributed by atoms with van der Waals surface area (Å²) in [6, 6.07) is 6.62. The third-order valence-corrected chi connectivity index (χ3v) is 5.86. The van der Waals surface area contributed by atoms with Gasteiger partial charge in [-0.15, -0.1) is 0 Å². The van der Waals surface area contributed by atoms with Crippen LogP contribution in [0.4, 0.5) is 11.4 Å². The number of aliphatic imine (C=N–C) groups is 2. The summed E-state index contributed by atoms with van der Waals surface area (Å²) in [5.41, 5.74) is 15.8. The molecule has 134 valence electrons. The number of hydrogen-bond acceptors (Lipinski definition) is 6. The van der Waals surface area contributed by atoms with Crippen molar-refractivity contribution < 1.29 is 0 Å². The molecule has 0 saturated heterocycles. The van der Waals surface area contributed by atoms with E-state index in [1.807, 2.05) is 0 Å². The first-order chi connectivity index (χ1) is 11.8. The summed E-state index contributed by atoms with van der Waals surface area (Å²) in [5, 5.41) is 0. The Kier molecular flexibility index (Phi) is 3.49. The van der Waals surface area contributed by atoms with Crippen LogP contribution >= 0.6 is 0 Å². The number of guanidine groups is 2. The highest BCUT2D eigenvalue weighted by molar-refractivity contribution is 6.05. The maximum absolute atomic E-state index is 6.35. The third kappa shape index (κ3) is 2.46. The Morgan fingerprint density at radius 2 is 1.80 bits per heavy atom. The standard InChI is InChI=1S/C19H28N6/c1-18(2)12-24(3)15-8-7-13(11-14(15)18)25-17(21)22-16(20)23-19(25)9-5-4-6-10-19/h7-8,11H,4-6,9-10,12H2,1-3H3,(H4,20,21,22,23). The average molecular weight is 340 g/mol. The van der Waals surface area contributed by atoms with Gasteiger partial charge in [0.05, 0.1) is 0 Å². The summed E-state index contributed by atoms with van der Waals surface area (Å²) in [4.78, 5) is 13.5. The molecule has 1 aliphatic carbocycles. The normalized spacial score (nSPS) is 24.1. The molecule has 1 saturated carbocycles. The highest BCUT2D eigenvalue weighted by Gasteiger charge is 2.43. The number of hydrogen-bond donors (Lipinski definition) is 2. The number of benzene rings is 1. The largest absolute Gasteiger partial charge is 0.373 e. The Morgan fingerprint density at radius 1 is 1.08 bits per heavy atom. The van der Waals surface area contributed by atoms with E-state index in [0.29, 0.717) is 11.9 Å². The van der Waals surface area contributed by atoms with Crippen molar-refractivity contribution in [2.75, 3.05) is 23.4 Å². The van der Waals surface area contributed by atoms with E-state index in [9.17, 15) is 0 Å². The molecule has 4 N–H and O–H groups in total. The maximum atomic E-state index is 6.35. The molecule has 0 radical (unpaired) electrons. The van der Waals surface area contributed by atoms with Crippen LogP contribution in [-0.2, 0) is 5.41 Å². The minimum absolute atomic E-state index is 0.115. The lowest BCUT2D eigenvalue weighted by atomic mass is 9.85. The Labute approximate surface area is 149 Å². The van der Waals surface area contributed by atoms with Crippen LogP contribution in [0.15, 0.2) is 28.2 Å². The van der Waals surface area contributed by atoms with E-state index in [0.717, 1.165) is 37.9 Å². The van der Waals surface area contributed by atoms with E-state index >= 15 is 0 Å². The zero-order valence-electron chi connectivity index (χ0n) is 15.4. The predicted octanol–water partition coefficient (Wildman–Crippen LogP) is 2.52. The minimum atomic E-state index is -0.378. The molecular formula is C19H28N6. The van der Waals surface area contributed by atoms with Crippen molar-refractivity contribution in [1.29, 1.82) is 0 Å². The van der Waals surface area contributed by atoms with Crippen LogP contribution in [0.3, 0.4) is 0 Å². The van der Waals surface area contributed by atoms with Gasteiger partial charge in [-0.05, 0) is 49.4 Å². The van der Waals surface area contributed by atoms with Crippen LogP contribution < -0.4 is 21.3 Å². The predicted molar refractivity (Wildman–Crippen MR) is 104 cm³/mol. The van der Waals surface area contributed by atoms with Crippen LogP contribution in [0.2, 0.25) is 0 Å². The molecule has 25 heavy (non-hydrogen) atoms. The van der Waals surface area contributed by atoms with Gasteiger partial charge in [0.2, 0.25) is 11.9 Å². The summed E-state index contributed by atoms with van der Waals surface area (Å²) in [6.07, 6.45) is 5.44. The number of rotatable bonds is 1. The molecule has 1 fully saturated rings. The lowest BCUT2D eigenvalue weighted by molar-refractivity contribution is 0.305. The first kappa shape index (κ1) is 16.2. The molecule has 0 unspecified atom stereocenters. The number of nitrogens with two attached hydrogens (primary N) is 2. The molecule has 2 aliphatic heterocycles. The Hall–Kier alpha value is -2.24. The fourth-order valence-electron chi connectivity index (χ4n) is 4.80. The number of nitrogens with zero attached hydrogens (tertiary/aromatic N) is 4. The highest BCUT2D eigenvalue weighted by Crippen LogP contribution is 2.44. The lowest BCUT2D eigenvalue weighted by Gasteiger charge is -2.45. The second-order valence-corrected chi connectivity index (χ2v) is 8.26. The van der Waals surface area contributed by atoms with Gasteiger partial charge >= 0.3 is 0 Å². The van der Waals surface area contributed by atoms with Crippen LogP contribution in [0.5, 0.6) is 0 Å². The molecule has 1 aromatic carbocycles. The quantitative estimate of drug-likeness (QED) is 0.823. The van der Waals surface area contributed by atoms with Crippen molar-refractivity contribution in [2.45, 2.75) is 57.0 Å². The van der Waals surface area contributed by atoms with E-state index in [-0.39, 0.29) is 11.1 Å². The summed E-state index contributed by atoms with van der Waals surface area (Å²) in [7, 11) is 2.15. The van der Waals surface area contributed by atoms with Crippen molar-refractivity contribution in [2.24, 2.45) is 21.5 Å². The van der Waals surface area contributed by atoms with E-state index in [1.54, 1.807) is 0 Å². The molecule has 2 heterocycles. The van der Waals surface area contributed by atoms with Gasteiger partial charge in [0.1, 0.15) is 5.66 Å². The van der Waals surface area contributed by atoms with Crippen molar-refractivity contribution >= 4 is 23.3 Å². The number of likely N-dealkylation sites (N-methyl/N-ethyl adjacent to an activating group) is 1.